The highest BCUT2D eigenvalue weighted by Gasteiger charge is 2.11. The van der Waals surface area contributed by atoms with Crippen LogP contribution in [0.2, 0.25) is 0 Å². The van der Waals surface area contributed by atoms with Crippen molar-refractivity contribution in [1.82, 2.24) is 5.32 Å². The molecule has 0 radical (unpaired) electrons. The van der Waals surface area contributed by atoms with Gasteiger partial charge in [0, 0.05) is 15.1 Å². The lowest BCUT2D eigenvalue weighted by atomic mass is 10.2. The molecular formula is C17H15NO3S2. The number of ether oxygens (including phenoxy) is 1. The van der Waals surface area contributed by atoms with Crippen LogP contribution >= 0.6 is 22.7 Å². The summed E-state index contributed by atoms with van der Waals surface area (Å²) in [6.07, 6.45) is 0. The number of hydrogen-bond donors (Lipinski definition) is 1. The zero-order valence-corrected chi connectivity index (χ0v) is 14.1. The summed E-state index contributed by atoms with van der Waals surface area (Å²) in [5.74, 6) is -0.692. The number of fused-ring (bicyclic) bond motifs is 1. The van der Waals surface area contributed by atoms with E-state index in [2.05, 4.69) is 5.32 Å². The van der Waals surface area contributed by atoms with E-state index in [0.717, 1.165) is 15.8 Å². The van der Waals surface area contributed by atoms with E-state index in [1.165, 1.54) is 16.0 Å². The maximum absolute atomic E-state index is 11.9. The number of thiophene rings is 2. The normalized spacial score (nSPS) is 10.7. The Hall–Kier alpha value is -2.18. The molecule has 6 heteroatoms. The minimum Gasteiger partial charge on any atom is -0.459 e. The van der Waals surface area contributed by atoms with Gasteiger partial charge in [0.1, 0.15) is 13.2 Å². The van der Waals surface area contributed by atoms with Crippen LogP contribution in [-0.4, -0.2) is 18.4 Å². The van der Waals surface area contributed by atoms with Crippen LogP contribution in [0.4, 0.5) is 0 Å². The van der Waals surface area contributed by atoms with Gasteiger partial charge in [-0.1, -0.05) is 18.2 Å². The summed E-state index contributed by atoms with van der Waals surface area (Å²) < 4.78 is 6.41. The lowest BCUT2D eigenvalue weighted by Gasteiger charge is -2.05. The molecule has 4 nitrogen and oxygen atoms in total. The molecule has 0 atom stereocenters. The highest BCUT2D eigenvalue weighted by Crippen LogP contribution is 2.26. The SMILES string of the molecule is Cc1ccc(C(=O)NCC(=O)OCc2csc3ccccc23)s1. The third kappa shape index (κ3) is 3.78. The van der Waals surface area contributed by atoms with Gasteiger partial charge in [-0.2, -0.15) is 0 Å². The highest BCUT2D eigenvalue weighted by atomic mass is 32.1. The van der Waals surface area contributed by atoms with Crippen molar-refractivity contribution < 1.29 is 14.3 Å². The van der Waals surface area contributed by atoms with Gasteiger partial charge in [0.2, 0.25) is 0 Å². The van der Waals surface area contributed by atoms with Gasteiger partial charge in [0.05, 0.1) is 4.88 Å². The number of carbonyl (C=O) groups excluding carboxylic acids is 2. The molecule has 0 unspecified atom stereocenters. The van der Waals surface area contributed by atoms with E-state index in [4.69, 9.17) is 4.74 Å². The van der Waals surface area contributed by atoms with Gasteiger partial charge in [-0.15, -0.1) is 22.7 Å². The predicted molar refractivity (Wildman–Crippen MR) is 93.0 cm³/mol. The van der Waals surface area contributed by atoms with E-state index < -0.39 is 5.97 Å². The zero-order valence-electron chi connectivity index (χ0n) is 12.5. The van der Waals surface area contributed by atoms with Crippen LogP contribution in [-0.2, 0) is 16.1 Å². The number of carbonyl (C=O) groups is 2. The highest BCUT2D eigenvalue weighted by molar-refractivity contribution is 7.17. The number of nitrogens with one attached hydrogen (secondary N) is 1. The minimum absolute atomic E-state index is 0.127. The van der Waals surface area contributed by atoms with Gasteiger partial charge in [-0.25, -0.2) is 0 Å². The summed E-state index contributed by atoms with van der Waals surface area (Å²) in [7, 11) is 0. The van der Waals surface area contributed by atoms with Crippen molar-refractivity contribution in [3.8, 4) is 0 Å². The van der Waals surface area contributed by atoms with Gasteiger partial charge in [-0.05, 0) is 35.9 Å². The first-order chi connectivity index (χ1) is 11.1. The molecule has 3 rings (SSSR count). The number of benzene rings is 1. The van der Waals surface area contributed by atoms with Gasteiger partial charge in [-0.3, -0.25) is 9.59 Å². The molecule has 1 N–H and O–H groups in total. The fraction of sp³-hybridized carbons (Fsp3) is 0.176. The number of aryl methyl sites for hydroxylation is 1. The number of rotatable bonds is 5. The van der Waals surface area contributed by atoms with Crippen LogP contribution in [0.1, 0.15) is 20.1 Å². The number of esters is 1. The summed E-state index contributed by atoms with van der Waals surface area (Å²) in [6.45, 7) is 2.02. The molecule has 1 amide bonds. The van der Waals surface area contributed by atoms with Crippen molar-refractivity contribution in [2.24, 2.45) is 0 Å². The van der Waals surface area contributed by atoms with Crippen LogP contribution in [0.5, 0.6) is 0 Å². The largest absolute Gasteiger partial charge is 0.459 e. The fourth-order valence-electron chi connectivity index (χ4n) is 2.15. The zero-order chi connectivity index (χ0) is 16.2. The summed E-state index contributed by atoms with van der Waals surface area (Å²) in [6, 6.07) is 11.6. The summed E-state index contributed by atoms with van der Waals surface area (Å²) in [5, 5.41) is 5.67. The lowest BCUT2D eigenvalue weighted by Crippen LogP contribution is -2.30. The van der Waals surface area contributed by atoms with Crippen molar-refractivity contribution >= 4 is 44.6 Å². The Balaban J connectivity index is 1.51. The van der Waals surface area contributed by atoms with Crippen molar-refractivity contribution in [2.45, 2.75) is 13.5 Å². The van der Waals surface area contributed by atoms with Gasteiger partial charge in [0.15, 0.2) is 0 Å². The Kier molecular flexibility index (Phi) is 4.73. The third-order valence-electron chi connectivity index (χ3n) is 3.31. The summed E-state index contributed by atoms with van der Waals surface area (Å²) in [5.41, 5.74) is 0.985. The van der Waals surface area contributed by atoms with Gasteiger partial charge in [0.25, 0.3) is 5.91 Å². The van der Waals surface area contributed by atoms with Crippen LogP contribution in [0.3, 0.4) is 0 Å². The number of hydrogen-bond acceptors (Lipinski definition) is 5. The van der Waals surface area contributed by atoms with Gasteiger partial charge >= 0.3 is 5.97 Å². The molecule has 0 saturated heterocycles. The Labute approximate surface area is 141 Å². The molecule has 0 spiro atoms. The van der Waals surface area contributed by atoms with Crippen LogP contribution in [0, 0.1) is 6.92 Å². The van der Waals surface area contributed by atoms with Crippen LogP contribution < -0.4 is 5.32 Å². The van der Waals surface area contributed by atoms with E-state index >= 15 is 0 Å². The molecule has 0 aliphatic carbocycles. The van der Waals surface area contributed by atoms with E-state index in [1.807, 2.05) is 42.6 Å². The molecule has 2 heterocycles. The molecule has 0 aliphatic rings. The average molecular weight is 345 g/mol. The molecule has 0 aliphatic heterocycles. The first-order valence-electron chi connectivity index (χ1n) is 7.09. The lowest BCUT2D eigenvalue weighted by molar-refractivity contribution is -0.143. The Bertz CT molecular complexity index is 850. The molecule has 1 aromatic carbocycles. The van der Waals surface area contributed by atoms with Crippen molar-refractivity contribution in [3.05, 3.63) is 57.1 Å². The Morgan fingerprint density at radius 1 is 1.17 bits per heavy atom. The molecule has 118 valence electrons. The summed E-state index contributed by atoms with van der Waals surface area (Å²) in [4.78, 5) is 25.3. The molecular weight excluding hydrogens is 330 g/mol. The smallest absolute Gasteiger partial charge is 0.325 e. The second-order valence-electron chi connectivity index (χ2n) is 5.01. The van der Waals surface area contributed by atoms with Crippen LogP contribution in [0.25, 0.3) is 10.1 Å². The average Bonchev–Trinajstić information content (AvgIpc) is 3.17. The second kappa shape index (κ2) is 6.93. The first kappa shape index (κ1) is 15.7. The van der Waals surface area contributed by atoms with Crippen molar-refractivity contribution in [3.63, 3.8) is 0 Å². The molecule has 23 heavy (non-hydrogen) atoms. The second-order valence-corrected chi connectivity index (χ2v) is 7.21. The Morgan fingerprint density at radius 3 is 2.78 bits per heavy atom. The monoisotopic (exact) mass is 345 g/mol. The molecule has 0 bridgehead atoms. The molecule has 0 fully saturated rings. The van der Waals surface area contributed by atoms with E-state index in [9.17, 15) is 9.59 Å². The maximum Gasteiger partial charge on any atom is 0.325 e. The molecule has 0 saturated carbocycles. The van der Waals surface area contributed by atoms with Crippen molar-refractivity contribution in [1.29, 1.82) is 0 Å². The Morgan fingerprint density at radius 2 is 2.00 bits per heavy atom. The first-order valence-corrected chi connectivity index (χ1v) is 8.78. The van der Waals surface area contributed by atoms with E-state index in [1.54, 1.807) is 17.4 Å². The molecule has 2 aromatic heterocycles. The minimum atomic E-state index is -0.443. The third-order valence-corrected chi connectivity index (χ3v) is 5.32. The van der Waals surface area contributed by atoms with E-state index in [-0.39, 0.29) is 19.1 Å². The topological polar surface area (TPSA) is 55.4 Å². The van der Waals surface area contributed by atoms with Gasteiger partial charge < -0.3 is 10.1 Å². The quantitative estimate of drug-likeness (QED) is 0.717. The maximum atomic E-state index is 11.9. The predicted octanol–water partition coefficient (Wildman–Crippen LogP) is 3.74. The van der Waals surface area contributed by atoms with Crippen LogP contribution in [0.15, 0.2) is 41.8 Å². The molecule has 3 aromatic rings. The van der Waals surface area contributed by atoms with Crippen molar-refractivity contribution in [2.75, 3.05) is 6.54 Å². The summed E-state index contributed by atoms with van der Waals surface area (Å²) >= 11 is 3.02. The standard InChI is InChI=1S/C17H15NO3S2/c1-11-6-7-15(23-11)17(20)18-8-16(19)21-9-12-10-22-14-5-3-2-4-13(12)14/h2-7,10H,8-9H2,1H3,(H,18,20). The number of amides is 1. The van der Waals surface area contributed by atoms with E-state index in [0.29, 0.717) is 4.88 Å². The fourth-order valence-corrected chi connectivity index (χ4v) is 3.88.